The van der Waals surface area contributed by atoms with Crippen molar-refractivity contribution in [2.75, 3.05) is 0 Å². The van der Waals surface area contributed by atoms with Crippen molar-refractivity contribution in [2.24, 2.45) is 0 Å². The van der Waals surface area contributed by atoms with E-state index in [1.54, 1.807) is 6.20 Å². The lowest BCUT2D eigenvalue weighted by molar-refractivity contribution is 0.431. The number of nitrogens with one attached hydrogen (secondary N) is 1. The van der Waals surface area contributed by atoms with Crippen LogP contribution in [0.1, 0.15) is 26.3 Å². The minimum atomic E-state index is 0.441. The molecule has 0 aliphatic carbocycles. The summed E-state index contributed by atoms with van der Waals surface area (Å²) in [5.41, 5.74) is 2.04. The highest BCUT2D eigenvalue weighted by atomic mass is 16.5. The topological polar surface area (TPSA) is 55.9 Å². The van der Waals surface area contributed by atoms with Crippen LogP contribution >= 0.6 is 0 Å². The second-order valence-corrected chi connectivity index (χ2v) is 4.30. The van der Waals surface area contributed by atoms with Crippen molar-refractivity contribution in [1.29, 1.82) is 0 Å². The van der Waals surface area contributed by atoms with Gasteiger partial charge in [-0.3, -0.25) is 4.68 Å². The van der Waals surface area contributed by atoms with E-state index in [-0.39, 0.29) is 0 Å². The summed E-state index contributed by atoms with van der Waals surface area (Å²) in [6.45, 7) is 7.89. The van der Waals surface area contributed by atoms with Gasteiger partial charge in [0.05, 0.1) is 18.0 Å². The van der Waals surface area contributed by atoms with Gasteiger partial charge in [0.25, 0.3) is 0 Å². The first-order valence-electron chi connectivity index (χ1n) is 5.90. The maximum Gasteiger partial charge on any atom is 0.174 e. The van der Waals surface area contributed by atoms with Crippen molar-refractivity contribution in [2.45, 2.75) is 39.9 Å². The maximum atomic E-state index is 5.30. The summed E-state index contributed by atoms with van der Waals surface area (Å²) in [5, 5.41) is 11.4. The van der Waals surface area contributed by atoms with Gasteiger partial charge in [0.1, 0.15) is 0 Å². The van der Waals surface area contributed by atoms with Crippen LogP contribution in [0.5, 0.6) is 0 Å². The number of rotatable bonds is 5. The van der Waals surface area contributed by atoms with Crippen LogP contribution in [-0.4, -0.2) is 21.0 Å². The molecule has 2 aromatic heterocycles. The molecule has 0 unspecified atom stereocenters. The lowest BCUT2D eigenvalue weighted by Crippen LogP contribution is -2.21. The average Bonchev–Trinajstić information content (AvgIpc) is 2.94. The van der Waals surface area contributed by atoms with E-state index in [2.05, 4.69) is 36.3 Å². The Labute approximate surface area is 101 Å². The summed E-state index contributed by atoms with van der Waals surface area (Å²) in [6, 6.07) is 0.441. The van der Waals surface area contributed by atoms with Crippen LogP contribution in [0.2, 0.25) is 0 Å². The Morgan fingerprint density at radius 2 is 2.24 bits per heavy atom. The molecule has 92 valence electrons. The van der Waals surface area contributed by atoms with E-state index in [0.717, 1.165) is 30.0 Å². The fourth-order valence-electron chi connectivity index (χ4n) is 1.59. The fourth-order valence-corrected chi connectivity index (χ4v) is 1.59. The van der Waals surface area contributed by atoms with Crippen molar-refractivity contribution < 1.29 is 4.52 Å². The largest absolute Gasteiger partial charge is 0.356 e. The quantitative estimate of drug-likeness (QED) is 0.860. The van der Waals surface area contributed by atoms with Crippen molar-refractivity contribution in [3.05, 3.63) is 24.2 Å². The Morgan fingerprint density at radius 1 is 1.41 bits per heavy atom. The second-order valence-electron chi connectivity index (χ2n) is 4.30. The molecule has 0 atom stereocenters. The maximum absolute atomic E-state index is 5.30. The summed E-state index contributed by atoms with van der Waals surface area (Å²) in [4.78, 5) is 0. The van der Waals surface area contributed by atoms with E-state index >= 15 is 0 Å². The molecule has 0 bridgehead atoms. The molecule has 0 radical (unpaired) electrons. The third kappa shape index (κ3) is 2.74. The van der Waals surface area contributed by atoms with Crippen molar-refractivity contribution in [3.8, 4) is 11.3 Å². The van der Waals surface area contributed by atoms with Gasteiger partial charge in [0.15, 0.2) is 5.76 Å². The van der Waals surface area contributed by atoms with Crippen LogP contribution in [-0.2, 0) is 13.1 Å². The molecular weight excluding hydrogens is 216 g/mol. The highest BCUT2D eigenvalue weighted by molar-refractivity contribution is 5.58. The molecule has 17 heavy (non-hydrogen) atoms. The second kappa shape index (κ2) is 5.14. The standard InChI is InChI=1S/C12H18N4O/c1-4-16-8-11(6-14-16)12-10(7-15-17-12)5-13-9(2)3/h6-9,13H,4-5H2,1-3H3. The van der Waals surface area contributed by atoms with Gasteiger partial charge < -0.3 is 9.84 Å². The zero-order chi connectivity index (χ0) is 12.3. The van der Waals surface area contributed by atoms with Crippen LogP contribution in [0.4, 0.5) is 0 Å². The number of nitrogens with zero attached hydrogens (tertiary/aromatic N) is 3. The Bertz CT molecular complexity index is 472. The van der Waals surface area contributed by atoms with Crippen LogP contribution < -0.4 is 5.32 Å². The van der Waals surface area contributed by atoms with Crippen LogP contribution in [0.15, 0.2) is 23.1 Å². The van der Waals surface area contributed by atoms with E-state index in [4.69, 9.17) is 4.52 Å². The Kier molecular flexibility index (Phi) is 3.58. The Hall–Kier alpha value is -1.62. The van der Waals surface area contributed by atoms with Gasteiger partial charge in [0.2, 0.25) is 0 Å². The first-order chi connectivity index (χ1) is 8.20. The Morgan fingerprint density at radius 3 is 2.88 bits per heavy atom. The van der Waals surface area contributed by atoms with Gasteiger partial charge in [-0.05, 0) is 6.92 Å². The molecule has 0 aliphatic rings. The molecule has 0 aromatic carbocycles. The summed E-state index contributed by atoms with van der Waals surface area (Å²) >= 11 is 0. The van der Waals surface area contributed by atoms with E-state index in [1.807, 2.05) is 17.1 Å². The van der Waals surface area contributed by atoms with E-state index in [9.17, 15) is 0 Å². The molecule has 2 rings (SSSR count). The van der Waals surface area contributed by atoms with Gasteiger partial charge >= 0.3 is 0 Å². The number of hydrogen-bond donors (Lipinski definition) is 1. The SMILES string of the molecule is CCn1cc(-c2oncc2CNC(C)C)cn1. The zero-order valence-electron chi connectivity index (χ0n) is 10.5. The molecule has 0 saturated carbocycles. The van der Waals surface area contributed by atoms with Gasteiger partial charge in [-0.25, -0.2) is 0 Å². The first kappa shape index (κ1) is 11.9. The van der Waals surface area contributed by atoms with E-state index in [0.29, 0.717) is 6.04 Å². The third-order valence-electron chi connectivity index (χ3n) is 2.56. The highest BCUT2D eigenvalue weighted by Gasteiger charge is 2.12. The molecule has 5 heteroatoms. The van der Waals surface area contributed by atoms with Crippen molar-refractivity contribution in [1.82, 2.24) is 20.3 Å². The molecule has 0 spiro atoms. The normalized spacial score (nSPS) is 11.3. The predicted molar refractivity (Wildman–Crippen MR) is 65.4 cm³/mol. The van der Waals surface area contributed by atoms with Crippen LogP contribution in [0.25, 0.3) is 11.3 Å². The number of aromatic nitrogens is 3. The lowest BCUT2D eigenvalue weighted by Gasteiger charge is -2.06. The Balaban J connectivity index is 2.18. The molecule has 5 nitrogen and oxygen atoms in total. The molecule has 0 amide bonds. The lowest BCUT2D eigenvalue weighted by atomic mass is 10.1. The molecule has 0 aliphatic heterocycles. The molecule has 0 fully saturated rings. The highest BCUT2D eigenvalue weighted by Crippen LogP contribution is 2.22. The number of aryl methyl sites for hydroxylation is 1. The van der Waals surface area contributed by atoms with E-state index < -0.39 is 0 Å². The minimum Gasteiger partial charge on any atom is -0.356 e. The van der Waals surface area contributed by atoms with Gasteiger partial charge in [-0.15, -0.1) is 0 Å². The summed E-state index contributed by atoms with van der Waals surface area (Å²) in [6.07, 6.45) is 5.54. The van der Waals surface area contributed by atoms with Crippen molar-refractivity contribution in [3.63, 3.8) is 0 Å². The first-order valence-corrected chi connectivity index (χ1v) is 5.90. The van der Waals surface area contributed by atoms with Gasteiger partial charge in [-0.2, -0.15) is 5.10 Å². The van der Waals surface area contributed by atoms with Gasteiger partial charge in [-0.1, -0.05) is 19.0 Å². The minimum absolute atomic E-state index is 0.441. The monoisotopic (exact) mass is 234 g/mol. The smallest absolute Gasteiger partial charge is 0.174 e. The van der Waals surface area contributed by atoms with Crippen molar-refractivity contribution >= 4 is 0 Å². The molecular formula is C12H18N4O. The third-order valence-corrected chi connectivity index (χ3v) is 2.56. The summed E-state index contributed by atoms with van der Waals surface area (Å²) in [7, 11) is 0. The van der Waals surface area contributed by atoms with E-state index in [1.165, 1.54) is 0 Å². The molecule has 2 heterocycles. The average molecular weight is 234 g/mol. The zero-order valence-corrected chi connectivity index (χ0v) is 10.5. The van der Waals surface area contributed by atoms with Crippen LogP contribution in [0, 0.1) is 0 Å². The molecule has 2 aromatic rings. The van der Waals surface area contributed by atoms with Gasteiger partial charge in [0, 0.05) is 30.9 Å². The van der Waals surface area contributed by atoms with Crippen LogP contribution in [0.3, 0.4) is 0 Å². The summed E-state index contributed by atoms with van der Waals surface area (Å²) in [5.74, 6) is 0.804. The summed E-state index contributed by atoms with van der Waals surface area (Å²) < 4.78 is 7.17. The predicted octanol–water partition coefficient (Wildman–Crippen LogP) is 2.06. The fraction of sp³-hybridized carbons (Fsp3) is 0.500. The molecule has 0 saturated heterocycles. The molecule has 1 N–H and O–H groups in total. The number of hydrogen-bond acceptors (Lipinski definition) is 4.